The van der Waals surface area contributed by atoms with Crippen molar-refractivity contribution < 1.29 is 41.4 Å². The van der Waals surface area contributed by atoms with Gasteiger partial charge in [0.05, 0.1) is 13.2 Å². The molecule has 0 saturated heterocycles. The maximum absolute atomic E-state index is 12.4. The van der Waals surface area contributed by atoms with E-state index in [9.17, 15) is 17.7 Å². The average Bonchev–Trinajstić information content (AvgIpc) is 2.54. The number of carbonyl (C=O) groups is 1. The Morgan fingerprint density at radius 3 is 2.23 bits per heavy atom. The molecule has 0 unspecified atom stereocenters. The van der Waals surface area contributed by atoms with Crippen LogP contribution in [0.5, 0.6) is 0 Å². The molecule has 1 heterocycles. The number of carbonyl (C=O) groups excluding carboxylic acids is 1. The van der Waals surface area contributed by atoms with Crippen molar-refractivity contribution in [3.05, 3.63) is 36.5 Å². The number of hydrogen-bond acceptors (Lipinski definition) is 6. The number of rotatable bonds is 6. The summed E-state index contributed by atoms with van der Waals surface area (Å²) >= 11 is 0. The maximum atomic E-state index is 12.4. The van der Waals surface area contributed by atoms with E-state index in [2.05, 4.69) is 5.10 Å². The van der Waals surface area contributed by atoms with Crippen LogP contribution in [0.25, 0.3) is 10.9 Å². The normalized spacial score (nSPS) is 11.7. The molecule has 2 rings (SSSR count). The van der Waals surface area contributed by atoms with E-state index in [1.54, 1.807) is 24.7 Å². The van der Waals surface area contributed by atoms with Crippen molar-refractivity contribution >= 4 is 24.5 Å². The number of alkyl halides is 3. The first kappa shape index (κ1) is 22.0. The fourth-order valence-electron chi connectivity index (χ4n) is 1.83. The van der Waals surface area contributed by atoms with Crippen molar-refractivity contribution in [2.24, 2.45) is 0 Å². The van der Waals surface area contributed by atoms with E-state index in [-0.39, 0.29) is 6.29 Å². The van der Waals surface area contributed by atoms with E-state index in [0.717, 1.165) is 10.9 Å². The van der Waals surface area contributed by atoms with Gasteiger partial charge in [0.15, 0.2) is 6.20 Å². The number of benzene rings is 1. The highest BCUT2D eigenvalue weighted by molar-refractivity contribution is 7.52. The molecule has 0 aliphatic carbocycles. The Bertz CT molecular complexity index is 775. The molecule has 2 aromatic rings. The fourth-order valence-corrected chi connectivity index (χ4v) is 3.36. The lowest BCUT2D eigenvalue weighted by Gasteiger charge is -2.12. The summed E-state index contributed by atoms with van der Waals surface area (Å²) in [5.41, 5.74) is 0.851. The summed E-state index contributed by atoms with van der Waals surface area (Å²) in [4.78, 5) is 8.78. The molecule has 0 atom stereocenters. The third-order valence-corrected chi connectivity index (χ3v) is 4.74. The van der Waals surface area contributed by atoms with E-state index >= 15 is 0 Å². The van der Waals surface area contributed by atoms with Crippen LogP contribution in [0.2, 0.25) is 0 Å². The van der Waals surface area contributed by atoms with Crippen LogP contribution in [-0.2, 0) is 24.7 Å². The number of carboxylic acids is 1. The van der Waals surface area contributed by atoms with E-state index in [1.165, 1.54) is 0 Å². The Hall–Kier alpha value is -2.03. The molecule has 1 aromatic carbocycles. The molecule has 0 aliphatic rings. The van der Waals surface area contributed by atoms with Gasteiger partial charge in [-0.05, 0) is 19.9 Å². The first-order valence-corrected chi connectivity index (χ1v) is 9.26. The van der Waals surface area contributed by atoms with Crippen molar-refractivity contribution in [2.45, 2.75) is 26.3 Å². The predicted molar refractivity (Wildman–Crippen MR) is 83.9 cm³/mol. The van der Waals surface area contributed by atoms with Gasteiger partial charge in [0.1, 0.15) is 11.5 Å². The zero-order valence-corrected chi connectivity index (χ0v) is 15.0. The highest BCUT2D eigenvalue weighted by atomic mass is 31.2. The predicted octanol–water partition coefficient (Wildman–Crippen LogP) is 2.04. The Morgan fingerprint density at radius 2 is 1.73 bits per heavy atom. The molecule has 0 radical (unpaired) electrons. The van der Waals surface area contributed by atoms with Crippen molar-refractivity contribution in [3.8, 4) is 0 Å². The number of nitrogens with zero attached hydrogens (tertiary/aromatic N) is 2. The second-order valence-corrected chi connectivity index (χ2v) is 6.81. The molecule has 0 N–H and O–H groups in total. The molecule has 1 aromatic heterocycles. The van der Waals surface area contributed by atoms with Crippen LogP contribution in [0.4, 0.5) is 13.2 Å². The summed E-state index contributed by atoms with van der Waals surface area (Å²) in [7, 11) is -3.12. The lowest BCUT2D eigenvalue weighted by molar-refractivity contribution is -0.736. The fraction of sp³-hybridized carbons (Fsp3) is 0.400. The summed E-state index contributed by atoms with van der Waals surface area (Å²) in [5.74, 6) is -3.01. The zero-order valence-electron chi connectivity index (χ0n) is 14.1. The molecule has 144 valence electrons. The zero-order chi connectivity index (χ0) is 19.8. The summed E-state index contributed by atoms with van der Waals surface area (Å²) in [6, 6.07) is 9.71. The van der Waals surface area contributed by atoms with Gasteiger partial charge < -0.3 is 18.9 Å². The van der Waals surface area contributed by atoms with Crippen molar-refractivity contribution in [3.63, 3.8) is 0 Å². The monoisotopic (exact) mass is 394 g/mol. The molecular formula is C15H18F3N2O5P. The van der Waals surface area contributed by atoms with Crippen LogP contribution in [0, 0.1) is 0 Å². The van der Waals surface area contributed by atoms with Gasteiger partial charge >= 0.3 is 13.8 Å². The number of aromatic nitrogens is 2. The molecule has 0 aliphatic heterocycles. The first-order valence-electron chi connectivity index (χ1n) is 7.53. The molecule has 0 spiro atoms. The maximum Gasteiger partial charge on any atom is 0.430 e. The quantitative estimate of drug-likeness (QED) is 0.550. The van der Waals surface area contributed by atoms with Gasteiger partial charge in [0.25, 0.3) is 6.29 Å². The lowest BCUT2D eigenvalue weighted by atomic mass is 10.2. The van der Waals surface area contributed by atoms with Crippen LogP contribution < -0.4 is 9.79 Å². The highest BCUT2D eigenvalue weighted by Crippen LogP contribution is 2.47. The van der Waals surface area contributed by atoms with Gasteiger partial charge in [-0.2, -0.15) is 13.2 Å². The minimum absolute atomic E-state index is 0.125. The number of hydrogen-bond donors (Lipinski definition) is 0. The lowest BCUT2D eigenvalue weighted by Crippen LogP contribution is -2.38. The van der Waals surface area contributed by atoms with Gasteiger partial charge in [0, 0.05) is 16.6 Å². The SMILES string of the molecule is CCOP(=O)(C[n+]1ccc2ccccc2n1)OCC.O=C([O-])C(F)(F)F. The average molecular weight is 394 g/mol. The van der Waals surface area contributed by atoms with Gasteiger partial charge in [-0.1, -0.05) is 22.9 Å². The van der Waals surface area contributed by atoms with Crippen LogP contribution in [0.1, 0.15) is 13.8 Å². The van der Waals surface area contributed by atoms with E-state index in [0.29, 0.717) is 13.2 Å². The first-order chi connectivity index (χ1) is 12.1. The van der Waals surface area contributed by atoms with Gasteiger partial charge in [-0.3, -0.25) is 4.57 Å². The highest BCUT2D eigenvalue weighted by Gasteiger charge is 2.30. The van der Waals surface area contributed by atoms with Crippen molar-refractivity contribution in [1.82, 2.24) is 5.10 Å². The molecule has 0 amide bonds. The molecule has 0 bridgehead atoms. The summed E-state index contributed by atoms with van der Waals surface area (Å²) in [6.45, 7) is 4.30. The van der Waals surface area contributed by atoms with Crippen LogP contribution in [0.15, 0.2) is 36.5 Å². The van der Waals surface area contributed by atoms with Crippen molar-refractivity contribution in [1.29, 1.82) is 0 Å². The number of fused-ring (bicyclic) bond motifs is 1. The summed E-state index contributed by atoms with van der Waals surface area (Å²) in [5, 5.41) is 14.2. The van der Waals surface area contributed by atoms with Crippen LogP contribution in [0.3, 0.4) is 0 Å². The third kappa shape index (κ3) is 7.07. The van der Waals surface area contributed by atoms with Gasteiger partial charge in [-0.25, -0.2) is 0 Å². The topological polar surface area (TPSA) is 92.4 Å². The minimum Gasteiger partial charge on any atom is -0.542 e. The number of carboxylic acid groups (broad SMARTS) is 1. The number of aliphatic carboxylic acids is 1. The molecule has 7 nitrogen and oxygen atoms in total. The van der Waals surface area contributed by atoms with Crippen LogP contribution >= 0.6 is 7.60 Å². The van der Waals surface area contributed by atoms with Gasteiger partial charge in [0.2, 0.25) is 0 Å². The Kier molecular flexibility index (Phi) is 8.13. The summed E-state index contributed by atoms with van der Waals surface area (Å²) in [6.07, 6.45) is -3.29. The molecule has 26 heavy (non-hydrogen) atoms. The second-order valence-electron chi connectivity index (χ2n) is 4.79. The van der Waals surface area contributed by atoms with Gasteiger partial charge in [-0.15, -0.1) is 0 Å². The van der Waals surface area contributed by atoms with Crippen LogP contribution in [-0.4, -0.2) is 30.5 Å². The molecule has 0 fully saturated rings. The standard InChI is InChI=1S/C13H18N2O3P.C2HF3O2/c1-3-17-19(16,18-4-2)11-15-10-9-12-7-5-6-8-13(12)14-15;3-2(4,5)1(6)7/h5-10H,3-4,11H2,1-2H3;(H,6,7)/q+1;/p-1. The van der Waals surface area contributed by atoms with E-state index < -0.39 is 19.7 Å². The molecule has 11 heteroatoms. The third-order valence-electron chi connectivity index (χ3n) is 2.80. The summed E-state index contributed by atoms with van der Waals surface area (Å²) < 4.78 is 56.1. The van der Waals surface area contributed by atoms with E-state index in [1.807, 2.05) is 30.3 Å². The Labute approximate surface area is 147 Å². The smallest absolute Gasteiger partial charge is 0.430 e. The minimum atomic E-state index is -5.19. The molecular weight excluding hydrogens is 376 g/mol. The molecule has 0 saturated carbocycles. The Morgan fingerprint density at radius 1 is 1.19 bits per heavy atom. The second kappa shape index (κ2) is 9.61. The van der Waals surface area contributed by atoms with Crippen molar-refractivity contribution in [2.75, 3.05) is 13.2 Å². The Balaban J connectivity index is 0.000000412. The number of halogens is 3. The largest absolute Gasteiger partial charge is 0.542 e. The van der Waals surface area contributed by atoms with E-state index in [4.69, 9.17) is 18.9 Å².